The molecule has 0 aliphatic heterocycles. The summed E-state index contributed by atoms with van der Waals surface area (Å²) in [6.07, 6.45) is 5.32. The summed E-state index contributed by atoms with van der Waals surface area (Å²) in [6.45, 7) is 0.363. The molecule has 0 aliphatic rings. The molecular weight excluding hydrogens is 320 g/mol. The first-order chi connectivity index (χ1) is 12.1. The Balaban J connectivity index is 1.66. The van der Waals surface area contributed by atoms with Crippen LogP contribution in [0.4, 0.5) is 5.69 Å². The monoisotopic (exact) mass is 336 g/mol. The van der Waals surface area contributed by atoms with Crippen LogP contribution in [0.3, 0.4) is 0 Å². The molecule has 0 atom stereocenters. The molecule has 3 rings (SSSR count). The fourth-order valence-corrected chi connectivity index (χ4v) is 2.54. The van der Waals surface area contributed by atoms with Gasteiger partial charge in [0.2, 0.25) is 5.91 Å². The Labute approximate surface area is 144 Å². The highest BCUT2D eigenvalue weighted by Gasteiger charge is 2.10. The summed E-state index contributed by atoms with van der Waals surface area (Å²) < 4.78 is 1.88. The number of nitro groups is 1. The lowest BCUT2D eigenvalue weighted by molar-refractivity contribution is -0.384. The largest absolute Gasteiger partial charge is 0.352 e. The van der Waals surface area contributed by atoms with Gasteiger partial charge in [0.15, 0.2) is 0 Å². The Morgan fingerprint density at radius 3 is 2.80 bits per heavy atom. The maximum absolute atomic E-state index is 12.2. The molecule has 0 saturated carbocycles. The van der Waals surface area contributed by atoms with Crippen molar-refractivity contribution in [1.82, 2.24) is 14.9 Å². The number of hydrogen-bond donors (Lipinski definition) is 1. The molecule has 1 heterocycles. The maximum atomic E-state index is 12.2. The van der Waals surface area contributed by atoms with Gasteiger partial charge in [-0.1, -0.05) is 30.3 Å². The molecule has 0 bridgehead atoms. The van der Waals surface area contributed by atoms with Gasteiger partial charge in [0.05, 0.1) is 23.4 Å². The molecule has 3 aromatic rings. The van der Waals surface area contributed by atoms with Gasteiger partial charge < -0.3 is 9.88 Å². The van der Waals surface area contributed by atoms with E-state index in [1.54, 1.807) is 24.7 Å². The van der Waals surface area contributed by atoms with Crippen LogP contribution in [-0.2, 0) is 17.8 Å². The molecule has 0 saturated heterocycles. The molecule has 1 amide bonds. The predicted molar refractivity (Wildman–Crippen MR) is 92.2 cm³/mol. The number of benzene rings is 2. The van der Waals surface area contributed by atoms with E-state index in [1.165, 1.54) is 12.1 Å². The van der Waals surface area contributed by atoms with E-state index in [0.717, 1.165) is 11.3 Å². The average Bonchev–Trinajstić information content (AvgIpc) is 3.15. The van der Waals surface area contributed by atoms with Crippen molar-refractivity contribution in [2.75, 3.05) is 0 Å². The number of amides is 1. The minimum absolute atomic E-state index is 0.0178. The van der Waals surface area contributed by atoms with Crippen molar-refractivity contribution >= 4 is 11.6 Å². The lowest BCUT2D eigenvalue weighted by Crippen LogP contribution is -2.25. The summed E-state index contributed by atoms with van der Waals surface area (Å²) in [5.74, 6) is -0.194. The van der Waals surface area contributed by atoms with E-state index < -0.39 is 4.92 Å². The number of nitrogens with one attached hydrogen (secondary N) is 1. The highest BCUT2D eigenvalue weighted by Crippen LogP contribution is 2.15. The second-order valence-corrected chi connectivity index (χ2v) is 5.48. The highest BCUT2D eigenvalue weighted by atomic mass is 16.6. The zero-order valence-corrected chi connectivity index (χ0v) is 13.3. The van der Waals surface area contributed by atoms with Crippen LogP contribution in [0.15, 0.2) is 67.3 Å². The minimum atomic E-state index is -0.469. The Morgan fingerprint density at radius 2 is 2.04 bits per heavy atom. The molecule has 126 valence electrons. The number of carbonyl (C=O) groups excluding carboxylic acids is 1. The lowest BCUT2D eigenvalue weighted by atomic mass is 10.1. The Bertz CT molecular complexity index is 891. The summed E-state index contributed by atoms with van der Waals surface area (Å²) in [6, 6.07) is 13.8. The van der Waals surface area contributed by atoms with Gasteiger partial charge in [-0.15, -0.1) is 0 Å². The van der Waals surface area contributed by atoms with E-state index in [9.17, 15) is 14.9 Å². The first kappa shape index (κ1) is 16.4. The van der Waals surface area contributed by atoms with Crippen LogP contribution in [0.5, 0.6) is 0 Å². The van der Waals surface area contributed by atoms with Crippen molar-refractivity contribution in [3.05, 3.63) is 88.5 Å². The van der Waals surface area contributed by atoms with E-state index in [-0.39, 0.29) is 18.0 Å². The number of imidazole rings is 1. The first-order valence-electron chi connectivity index (χ1n) is 7.70. The molecule has 1 N–H and O–H groups in total. The van der Waals surface area contributed by atoms with Gasteiger partial charge in [-0.25, -0.2) is 4.98 Å². The van der Waals surface area contributed by atoms with Gasteiger partial charge in [0.1, 0.15) is 0 Å². The summed E-state index contributed by atoms with van der Waals surface area (Å²) in [7, 11) is 0. The van der Waals surface area contributed by atoms with Crippen molar-refractivity contribution < 1.29 is 9.72 Å². The van der Waals surface area contributed by atoms with E-state index in [2.05, 4.69) is 10.3 Å². The fraction of sp³-hybridized carbons (Fsp3) is 0.111. The summed E-state index contributed by atoms with van der Waals surface area (Å²) >= 11 is 0. The van der Waals surface area contributed by atoms with Gasteiger partial charge >= 0.3 is 0 Å². The molecule has 1 aromatic heterocycles. The van der Waals surface area contributed by atoms with Crippen molar-refractivity contribution in [2.45, 2.75) is 13.0 Å². The summed E-state index contributed by atoms with van der Waals surface area (Å²) in [5, 5.41) is 13.7. The highest BCUT2D eigenvalue weighted by molar-refractivity contribution is 5.78. The van der Waals surface area contributed by atoms with Crippen LogP contribution in [-0.4, -0.2) is 20.4 Å². The SMILES string of the molecule is O=C(Cc1cccc([N+](=O)[O-])c1)NCc1ccccc1-n1ccnc1. The molecule has 0 unspecified atom stereocenters. The van der Waals surface area contributed by atoms with Gasteiger partial charge in [-0.2, -0.15) is 0 Å². The second-order valence-electron chi connectivity index (χ2n) is 5.48. The Kier molecular flexibility index (Phi) is 4.84. The van der Waals surface area contributed by atoms with E-state index in [4.69, 9.17) is 0 Å². The molecular formula is C18H16N4O3. The third-order valence-corrected chi connectivity index (χ3v) is 3.74. The Morgan fingerprint density at radius 1 is 1.20 bits per heavy atom. The van der Waals surface area contributed by atoms with Crippen molar-refractivity contribution in [3.8, 4) is 5.69 Å². The summed E-state index contributed by atoms with van der Waals surface area (Å²) in [4.78, 5) is 26.5. The second kappa shape index (κ2) is 7.39. The van der Waals surface area contributed by atoms with Gasteiger partial charge in [0.25, 0.3) is 5.69 Å². The van der Waals surface area contributed by atoms with Gasteiger partial charge in [0, 0.05) is 31.1 Å². The summed E-state index contributed by atoms with van der Waals surface area (Å²) in [5.41, 5.74) is 2.48. The van der Waals surface area contributed by atoms with Crippen molar-refractivity contribution in [3.63, 3.8) is 0 Å². The van der Waals surface area contributed by atoms with Crippen LogP contribution in [0.2, 0.25) is 0 Å². The van der Waals surface area contributed by atoms with E-state index >= 15 is 0 Å². The van der Waals surface area contributed by atoms with Crippen LogP contribution >= 0.6 is 0 Å². The first-order valence-corrected chi connectivity index (χ1v) is 7.70. The molecule has 0 radical (unpaired) electrons. The number of para-hydroxylation sites is 1. The van der Waals surface area contributed by atoms with Crippen LogP contribution in [0, 0.1) is 10.1 Å². The molecule has 7 nitrogen and oxygen atoms in total. The predicted octanol–water partition coefficient (Wildman–Crippen LogP) is 2.64. The molecule has 25 heavy (non-hydrogen) atoms. The standard InChI is InChI=1S/C18H16N4O3/c23-18(11-14-4-3-6-16(10-14)22(24)25)20-12-15-5-1-2-7-17(15)21-9-8-19-13-21/h1-10,13H,11-12H2,(H,20,23). The molecule has 7 heteroatoms. The zero-order valence-electron chi connectivity index (χ0n) is 13.3. The van der Waals surface area contributed by atoms with Crippen LogP contribution in [0.1, 0.15) is 11.1 Å². The average molecular weight is 336 g/mol. The zero-order chi connectivity index (χ0) is 17.6. The number of nitro benzene ring substituents is 1. The number of hydrogen-bond acceptors (Lipinski definition) is 4. The number of carbonyl (C=O) groups is 1. The molecule has 0 spiro atoms. The fourth-order valence-electron chi connectivity index (χ4n) is 2.54. The Hall–Kier alpha value is -3.48. The minimum Gasteiger partial charge on any atom is -0.352 e. The molecule has 0 aliphatic carbocycles. The molecule has 2 aromatic carbocycles. The van der Waals surface area contributed by atoms with Crippen molar-refractivity contribution in [1.29, 1.82) is 0 Å². The number of rotatable bonds is 6. The number of aromatic nitrogens is 2. The van der Waals surface area contributed by atoms with E-state index in [1.807, 2.05) is 35.0 Å². The number of non-ortho nitro benzene ring substituents is 1. The van der Waals surface area contributed by atoms with Gasteiger partial charge in [-0.3, -0.25) is 14.9 Å². The van der Waals surface area contributed by atoms with Crippen LogP contribution in [0.25, 0.3) is 5.69 Å². The number of nitrogens with zero attached hydrogens (tertiary/aromatic N) is 3. The van der Waals surface area contributed by atoms with Gasteiger partial charge in [-0.05, 0) is 17.2 Å². The van der Waals surface area contributed by atoms with Crippen molar-refractivity contribution in [2.24, 2.45) is 0 Å². The lowest BCUT2D eigenvalue weighted by Gasteiger charge is -2.11. The normalized spacial score (nSPS) is 10.4. The smallest absolute Gasteiger partial charge is 0.269 e. The third-order valence-electron chi connectivity index (χ3n) is 3.74. The quantitative estimate of drug-likeness (QED) is 0.553. The maximum Gasteiger partial charge on any atom is 0.269 e. The van der Waals surface area contributed by atoms with Crippen LogP contribution < -0.4 is 5.32 Å². The third kappa shape index (κ3) is 4.08. The van der Waals surface area contributed by atoms with E-state index in [0.29, 0.717) is 12.1 Å². The molecule has 0 fully saturated rings. The topological polar surface area (TPSA) is 90.1 Å².